The highest BCUT2D eigenvalue weighted by atomic mass is 35.5. The predicted molar refractivity (Wildman–Crippen MR) is 81.0 cm³/mol. The zero-order chi connectivity index (χ0) is 15.8. The van der Waals surface area contributed by atoms with Gasteiger partial charge in [0.1, 0.15) is 5.02 Å². The first-order valence-corrected chi connectivity index (χ1v) is 6.78. The van der Waals surface area contributed by atoms with E-state index in [0.29, 0.717) is 31.9 Å². The standard InChI is InChI=1S/C12H20ClN5O3/c1-17(2)12(20)15-5-4-14-9-8-16-18(6-7-21-3)11(19)10(9)13/h8,14H,4-7H2,1-3H3,(H,15,20). The normalized spacial score (nSPS) is 10.3. The zero-order valence-corrected chi connectivity index (χ0v) is 13.1. The highest BCUT2D eigenvalue weighted by Gasteiger charge is 2.09. The molecule has 0 unspecified atom stereocenters. The minimum absolute atomic E-state index is 0.0695. The summed E-state index contributed by atoms with van der Waals surface area (Å²) in [7, 11) is 4.86. The van der Waals surface area contributed by atoms with Crippen LogP contribution in [0.1, 0.15) is 0 Å². The first-order valence-electron chi connectivity index (χ1n) is 6.41. The van der Waals surface area contributed by atoms with E-state index in [9.17, 15) is 9.59 Å². The molecule has 1 heterocycles. The third-order valence-electron chi connectivity index (χ3n) is 2.61. The van der Waals surface area contributed by atoms with Crippen LogP contribution in [0.5, 0.6) is 0 Å². The molecule has 1 rings (SSSR count). The van der Waals surface area contributed by atoms with E-state index in [1.807, 2.05) is 0 Å². The van der Waals surface area contributed by atoms with E-state index in [1.165, 1.54) is 15.8 Å². The molecule has 118 valence electrons. The quantitative estimate of drug-likeness (QED) is 0.703. The highest BCUT2D eigenvalue weighted by molar-refractivity contribution is 6.32. The summed E-state index contributed by atoms with van der Waals surface area (Å²) in [6, 6.07) is -0.184. The number of urea groups is 1. The molecule has 0 saturated heterocycles. The van der Waals surface area contributed by atoms with Gasteiger partial charge in [-0.2, -0.15) is 5.10 Å². The van der Waals surface area contributed by atoms with Crippen LogP contribution < -0.4 is 16.2 Å². The lowest BCUT2D eigenvalue weighted by atomic mass is 10.4. The van der Waals surface area contributed by atoms with Crippen LogP contribution in [-0.4, -0.2) is 61.6 Å². The van der Waals surface area contributed by atoms with Crippen molar-refractivity contribution in [2.75, 3.05) is 46.2 Å². The van der Waals surface area contributed by atoms with Crippen LogP contribution in [0, 0.1) is 0 Å². The Hall–Kier alpha value is -1.80. The number of methoxy groups -OCH3 is 1. The Morgan fingerprint density at radius 1 is 1.48 bits per heavy atom. The van der Waals surface area contributed by atoms with Crippen LogP contribution in [-0.2, 0) is 11.3 Å². The van der Waals surface area contributed by atoms with E-state index in [1.54, 1.807) is 21.2 Å². The molecule has 0 aromatic carbocycles. The van der Waals surface area contributed by atoms with Gasteiger partial charge in [0.2, 0.25) is 0 Å². The molecule has 0 aliphatic heterocycles. The maximum atomic E-state index is 11.9. The number of rotatable bonds is 7. The molecule has 0 aliphatic rings. The first-order chi connectivity index (χ1) is 9.97. The number of hydrogen-bond donors (Lipinski definition) is 2. The number of aromatic nitrogens is 2. The van der Waals surface area contributed by atoms with Gasteiger partial charge >= 0.3 is 6.03 Å². The minimum atomic E-state index is -0.379. The summed E-state index contributed by atoms with van der Waals surface area (Å²) in [5, 5.41) is 9.72. The second-order valence-corrected chi connectivity index (χ2v) is 4.82. The summed E-state index contributed by atoms with van der Waals surface area (Å²) in [6.07, 6.45) is 1.48. The van der Waals surface area contributed by atoms with E-state index >= 15 is 0 Å². The number of anilines is 1. The van der Waals surface area contributed by atoms with Gasteiger partial charge in [-0.1, -0.05) is 11.6 Å². The van der Waals surface area contributed by atoms with Crippen LogP contribution in [0.2, 0.25) is 5.02 Å². The molecule has 2 amide bonds. The molecule has 0 radical (unpaired) electrons. The Morgan fingerprint density at radius 2 is 2.19 bits per heavy atom. The molecule has 0 aliphatic carbocycles. The number of hydrogen-bond acceptors (Lipinski definition) is 5. The van der Waals surface area contributed by atoms with E-state index in [2.05, 4.69) is 15.7 Å². The average molecular weight is 318 g/mol. The molecule has 9 heteroatoms. The number of amides is 2. The van der Waals surface area contributed by atoms with Crippen LogP contribution in [0.15, 0.2) is 11.0 Å². The fourth-order valence-corrected chi connectivity index (χ4v) is 1.66. The smallest absolute Gasteiger partial charge is 0.316 e. The number of carbonyl (C=O) groups is 1. The molecule has 0 spiro atoms. The molecule has 8 nitrogen and oxygen atoms in total. The van der Waals surface area contributed by atoms with Crippen LogP contribution in [0.25, 0.3) is 0 Å². The van der Waals surface area contributed by atoms with Gasteiger partial charge in [-0.3, -0.25) is 4.79 Å². The van der Waals surface area contributed by atoms with Crippen molar-refractivity contribution in [3.8, 4) is 0 Å². The first kappa shape index (κ1) is 17.3. The van der Waals surface area contributed by atoms with E-state index in [4.69, 9.17) is 16.3 Å². The molecule has 1 aromatic heterocycles. The van der Waals surface area contributed by atoms with Crippen molar-refractivity contribution in [3.05, 3.63) is 21.6 Å². The van der Waals surface area contributed by atoms with Gasteiger partial charge in [0.05, 0.1) is 25.0 Å². The second-order valence-electron chi connectivity index (χ2n) is 4.45. The molecule has 21 heavy (non-hydrogen) atoms. The van der Waals surface area contributed by atoms with Gasteiger partial charge in [0, 0.05) is 34.3 Å². The summed E-state index contributed by atoms with van der Waals surface area (Å²) < 4.78 is 6.13. The molecule has 0 atom stereocenters. The lowest BCUT2D eigenvalue weighted by Gasteiger charge is -2.13. The van der Waals surface area contributed by atoms with Crippen molar-refractivity contribution < 1.29 is 9.53 Å². The number of carbonyl (C=O) groups excluding carboxylic acids is 1. The lowest BCUT2D eigenvalue weighted by molar-refractivity contribution is 0.182. The summed E-state index contributed by atoms with van der Waals surface area (Å²) in [4.78, 5) is 24.7. The maximum absolute atomic E-state index is 11.9. The molecular formula is C12H20ClN5O3. The van der Waals surface area contributed by atoms with E-state index in [0.717, 1.165) is 0 Å². The lowest BCUT2D eigenvalue weighted by Crippen LogP contribution is -2.37. The minimum Gasteiger partial charge on any atom is -0.383 e. The van der Waals surface area contributed by atoms with Gasteiger partial charge < -0.3 is 20.3 Å². The molecular weight excluding hydrogens is 298 g/mol. The van der Waals surface area contributed by atoms with Crippen LogP contribution >= 0.6 is 11.6 Å². The Balaban J connectivity index is 2.55. The Kier molecular flexibility index (Phi) is 6.97. The van der Waals surface area contributed by atoms with Crippen molar-refractivity contribution in [1.82, 2.24) is 20.0 Å². The largest absolute Gasteiger partial charge is 0.383 e. The monoisotopic (exact) mass is 317 g/mol. The molecule has 2 N–H and O–H groups in total. The van der Waals surface area contributed by atoms with Crippen molar-refractivity contribution in [2.45, 2.75) is 6.54 Å². The van der Waals surface area contributed by atoms with Crippen molar-refractivity contribution >= 4 is 23.3 Å². The Morgan fingerprint density at radius 3 is 2.81 bits per heavy atom. The number of ether oxygens (including phenoxy) is 1. The number of halogens is 1. The van der Waals surface area contributed by atoms with Crippen LogP contribution in [0.4, 0.5) is 10.5 Å². The summed E-state index contributed by atoms with van der Waals surface area (Å²) in [6.45, 7) is 1.56. The summed E-state index contributed by atoms with van der Waals surface area (Å²) in [5.74, 6) is 0. The average Bonchev–Trinajstić information content (AvgIpc) is 2.46. The van der Waals surface area contributed by atoms with Gasteiger partial charge in [-0.05, 0) is 0 Å². The third kappa shape index (κ3) is 5.24. The summed E-state index contributed by atoms with van der Waals surface area (Å²) >= 11 is 6.00. The topological polar surface area (TPSA) is 88.5 Å². The van der Waals surface area contributed by atoms with Crippen molar-refractivity contribution in [1.29, 1.82) is 0 Å². The Labute approximate surface area is 128 Å². The second kappa shape index (κ2) is 8.48. The van der Waals surface area contributed by atoms with Gasteiger partial charge in [0.25, 0.3) is 5.56 Å². The highest BCUT2D eigenvalue weighted by Crippen LogP contribution is 2.14. The van der Waals surface area contributed by atoms with Gasteiger partial charge in [-0.15, -0.1) is 0 Å². The molecule has 0 bridgehead atoms. The van der Waals surface area contributed by atoms with Crippen molar-refractivity contribution in [2.24, 2.45) is 0 Å². The third-order valence-corrected chi connectivity index (χ3v) is 2.98. The summed E-state index contributed by atoms with van der Waals surface area (Å²) in [5.41, 5.74) is 0.0606. The maximum Gasteiger partial charge on any atom is 0.316 e. The zero-order valence-electron chi connectivity index (χ0n) is 12.4. The number of nitrogens with zero attached hydrogens (tertiary/aromatic N) is 3. The van der Waals surface area contributed by atoms with E-state index < -0.39 is 0 Å². The number of nitrogens with one attached hydrogen (secondary N) is 2. The molecule has 1 aromatic rings. The van der Waals surface area contributed by atoms with Gasteiger partial charge in [-0.25, -0.2) is 9.48 Å². The molecule has 0 saturated carbocycles. The fourth-order valence-electron chi connectivity index (χ4n) is 1.45. The SMILES string of the molecule is COCCn1ncc(NCCNC(=O)N(C)C)c(Cl)c1=O. The molecule has 0 fully saturated rings. The van der Waals surface area contributed by atoms with Gasteiger partial charge in [0.15, 0.2) is 0 Å². The fraction of sp³-hybridized carbons (Fsp3) is 0.583. The predicted octanol–water partition coefficient (Wildman–Crippen LogP) is 0.226. The van der Waals surface area contributed by atoms with Crippen LogP contribution in [0.3, 0.4) is 0 Å². The Bertz CT molecular complexity index is 532. The van der Waals surface area contributed by atoms with E-state index in [-0.39, 0.29) is 16.6 Å². The van der Waals surface area contributed by atoms with Crippen molar-refractivity contribution in [3.63, 3.8) is 0 Å².